The summed E-state index contributed by atoms with van der Waals surface area (Å²) >= 11 is 0. The molecule has 4 atom stereocenters. The van der Waals surface area contributed by atoms with Crippen molar-refractivity contribution >= 4 is 0 Å². The fourth-order valence-corrected chi connectivity index (χ4v) is 3.60. The van der Waals surface area contributed by atoms with Crippen molar-refractivity contribution in [2.24, 2.45) is 0 Å². The van der Waals surface area contributed by atoms with Gasteiger partial charge in [0.2, 0.25) is 0 Å². The molecule has 1 saturated carbocycles. The Kier molecular flexibility index (Phi) is 4.65. The summed E-state index contributed by atoms with van der Waals surface area (Å²) < 4.78 is 6.22. The van der Waals surface area contributed by atoms with Gasteiger partial charge in [-0.05, 0) is 46.6 Å². The summed E-state index contributed by atoms with van der Waals surface area (Å²) in [4.78, 5) is 5.10. The molecule has 1 aliphatic carbocycles. The summed E-state index contributed by atoms with van der Waals surface area (Å²) in [5.41, 5.74) is 0. The predicted molar refractivity (Wildman–Crippen MR) is 82.0 cm³/mol. The van der Waals surface area contributed by atoms with Crippen LogP contribution in [0.25, 0.3) is 0 Å². The van der Waals surface area contributed by atoms with Crippen molar-refractivity contribution in [2.75, 3.05) is 33.2 Å². The van der Waals surface area contributed by atoms with Gasteiger partial charge in [0.1, 0.15) is 0 Å². The van der Waals surface area contributed by atoms with Gasteiger partial charge in [-0.15, -0.1) is 0 Å². The van der Waals surface area contributed by atoms with Crippen LogP contribution in [-0.4, -0.2) is 73.4 Å². The van der Waals surface area contributed by atoms with E-state index in [4.69, 9.17) is 4.74 Å². The van der Waals surface area contributed by atoms with Crippen LogP contribution < -0.4 is 5.32 Å². The second-order valence-electron chi connectivity index (χ2n) is 7.22. The largest absolute Gasteiger partial charge is 0.372 e. The molecule has 4 unspecified atom stereocenters. The molecule has 20 heavy (non-hydrogen) atoms. The summed E-state index contributed by atoms with van der Waals surface area (Å²) in [5, 5.41) is 3.60. The minimum atomic E-state index is 0.461. The Morgan fingerprint density at radius 1 is 1.00 bits per heavy atom. The van der Waals surface area contributed by atoms with E-state index in [1.54, 1.807) is 0 Å². The van der Waals surface area contributed by atoms with Crippen molar-refractivity contribution in [1.82, 2.24) is 15.1 Å². The molecule has 0 radical (unpaired) electrons. The van der Waals surface area contributed by atoms with Crippen molar-refractivity contribution in [3.05, 3.63) is 0 Å². The molecule has 0 bridgehead atoms. The first-order valence-corrected chi connectivity index (χ1v) is 8.45. The highest BCUT2D eigenvalue weighted by Gasteiger charge is 2.32. The first kappa shape index (κ1) is 14.8. The smallest absolute Gasteiger partial charge is 0.0707 e. The molecular formula is C16H31N3O. The lowest BCUT2D eigenvalue weighted by atomic mass is 10.1. The Morgan fingerprint density at radius 3 is 2.30 bits per heavy atom. The van der Waals surface area contributed by atoms with Crippen LogP contribution in [0.3, 0.4) is 0 Å². The molecule has 3 rings (SSSR count). The molecule has 2 heterocycles. The van der Waals surface area contributed by atoms with Gasteiger partial charge < -0.3 is 10.1 Å². The fourth-order valence-electron chi connectivity index (χ4n) is 3.60. The molecule has 0 aromatic rings. The van der Waals surface area contributed by atoms with Gasteiger partial charge in [-0.25, -0.2) is 0 Å². The zero-order valence-electron chi connectivity index (χ0n) is 13.3. The fraction of sp³-hybridized carbons (Fsp3) is 1.00. The minimum absolute atomic E-state index is 0.461. The highest BCUT2D eigenvalue weighted by atomic mass is 16.5. The van der Waals surface area contributed by atoms with Crippen molar-refractivity contribution in [3.8, 4) is 0 Å². The third-order valence-corrected chi connectivity index (χ3v) is 5.30. The van der Waals surface area contributed by atoms with E-state index in [1.165, 1.54) is 38.8 Å². The van der Waals surface area contributed by atoms with E-state index in [-0.39, 0.29) is 0 Å². The van der Waals surface area contributed by atoms with Crippen LogP contribution in [0.1, 0.15) is 39.5 Å². The zero-order chi connectivity index (χ0) is 14.1. The highest BCUT2D eigenvalue weighted by Crippen LogP contribution is 2.24. The van der Waals surface area contributed by atoms with Crippen molar-refractivity contribution < 1.29 is 4.74 Å². The van der Waals surface area contributed by atoms with E-state index < -0.39 is 0 Å². The molecule has 0 spiro atoms. The Bertz CT molecular complexity index is 309. The normalized spacial score (nSPS) is 40.4. The first-order valence-electron chi connectivity index (χ1n) is 8.45. The number of nitrogens with one attached hydrogen (secondary N) is 1. The molecular weight excluding hydrogens is 250 g/mol. The monoisotopic (exact) mass is 281 g/mol. The molecule has 2 aliphatic heterocycles. The molecule has 0 aromatic heterocycles. The van der Waals surface area contributed by atoms with Gasteiger partial charge in [-0.3, -0.25) is 9.80 Å². The van der Waals surface area contributed by atoms with Gasteiger partial charge in [-0.2, -0.15) is 0 Å². The Labute approximate surface area is 123 Å². The SMILES string of the molecule is CC1CN(CC2CCC(CNC3CC3)O2)CC(C)N1C. The number of likely N-dealkylation sites (N-methyl/N-ethyl adjacent to an activating group) is 1. The predicted octanol–water partition coefficient (Wildman–Crippen LogP) is 1.31. The molecule has 3 fully saturated rings. The number of nitrogens with zero attached hydrogens (tertiary/aromatic N) is 2. The van der Waals surface area contributed by atoms with Crippen LogP contribution in [0.2, 0.25) is 0 Å². The van der Waals surface area contributed by atoms with E-state index in [9.17, 15) is 0 Å². The Morgan fingerprint density at radius 2 is 1.65 bits per heavy atom. The third kappa shape index (κ3) is 3.73. The number of hydrogen-bond donors (Lipinski definition) is 1. The first-order chi connectivity index (χ1) is 9.61. The summed E-state index contributed by atoms with van der Waals surface area (Å²) in [6.45, 7) is 9.23. The quantitative estimate of drug-likeness (QED) is 0.822. The van der Waals surface area contributed by atoms with Crippen LogP contribution in [0.5, 0.6) is 0 Å². The Hall–Kier alpha value is -0.160. The summed E-state index contributed by atoms with van der Waals surface area (Å²) in [7, 11) is 2.25. The van der Waals surface area contributed by atoms with E-state index in [0.29, 0.717) is 24.3 Å². The van der Waals surface area contributed by atoms with Gasteiger partial charge in [0, 0.05) is 44.3 Å². The van der Waals surface area contributed by atoms with Crippen LogP contribution in [0.4, 0.5) is 0 Å². The summed E-state index contributed by atoms with van der Waals surface area (Å²) in [6, 6.07) is 2.12. The van der Waals surface area contributed by atoms with Crippen LogP contribution in [0, 0.1) is 0 Å². The van der Waals surface area contributed by atoms with Gasteiger partial charge >= 0.3 is 0 Å². The number of hydrogen-bond acceptors (Lipinski definition) is 4. The summed E-state index contributed by atoms with van der Waals surface area (Å²) in [5.74, 6) is 0. The van der Waals surface area contributed by atoms with Crippen molar-refractivity contribution in [1.29, 1.82) is 0 Å². The Balaban J connectivity index is 1.39. The van der Waals surface area contributed by atoms with E-state index in [0.717, 1.165) is 19.1 Å². The molecule has 3 aliphatic rings. The van der Waals surface area contributed by atoms with Crippen molar-refractivity contribution in [3.63, 3.8) is 0 Å². The molecule has 4 nitrogen and oxygen atoms in total. The number of piperazine rings is 1. The maximum atomic E-state index is 6.22. The topological polar surface area (TPSA) is 27.7 Å². The van der Waals surface area contributed by atoms with Crippen LogP contribution in [0.15, 0.2) is 0 Å². The lowest BCUT2D eigenvalue weighted by Gasteiger charge is -2.43. The van der Waals surface area contributed by atoms with Crippen LogP contribution in [-0.2, 0) is 4.74 Å². The molecule has 0 amide bonds. The average Bonchev–Trinajstić information content (AvgIpc) is 3.14. The molecule has 2 saturated heterocycles. The zero-order valence-corrected chi connectivity index (χ0v) is 13.3. The van der Waals surface area contributed by atoms with Gasteiger partial charge in [0.25, 0.3) is 0 Å². The second-order valence-corrected chi connectivity index (χ2v) is 7.22. The maximum Gasteiger partial charge on any atom is 0.0707 e. The number of ether oxygens (including phenoxy) is 1. The molecule has 0 aromatic carbocycles. The highest BCUT2D eigenvalue weighted by molar-refractivity contribution is 4.87. The summed E-state index contributed by atoms with van der Waals surface area (Å²) in [6.07, 6.45) is 6.14. The van der Waals surface area contributed by atoms with E-state index in [1.807, 2.05) is 0 Å². The minimum Gasteiger partial charge on any atom is -0.372 e. The number of rotatable bonds is 5. The molecule has 1 N–H and O–H groups in total. The van der Waals surface area contributed by atoms with E-state index >= 15 is 0 Å². The second kappa shape index (κ2) is 6.30. The lowest BCUT2D eigenvalue weighted by molar-refractivity contribution is -0.00488. The molecule has 116 valence electrons. The standard InChI is InChI=1S/C16H31N3O/c1-12-9-19(10-13(2)18(12)3)11-16-7-6-15(20-16)8-17-14-4-5-14/h12-17H,4-11H2,1-3H3. The van der Waals surface area contributed by atoms with Gasteiger partial charge in [0.05, 0.1) is 12.2 Å². The molecule has 4 heteroatoms. The van der Waals surface area contributed by atoms with Crippen LogP contribution >= 0.6 is 0 Å². The van der Waals surface area contributed by atoms with Gasteiger partial charge in [-0.1, -0.05) is 0 Å². The van der Waals surface area contributed by atoms with Gasteiger partial charge in [0.15, 0.2) is 0 Å². The lowest BCUT2D eigenvalue weighted by Crippen LogP contribution is -2.56. The third-order valence-electron chi connectivity index (χ3n) is 5.30. The average molecular weight is 281 g/mol. The maximum absolute atomic E-state index is 6.22. The van der Waals surface area contributed by atoms with Crippen molar-refractivity contribution in [2.45, 2.75) is 69.9 Å². The van der Waals surface area contributed by atoms with E-state index in [2.05, 4.69) is 36.0 Å².